The summed E-state index contributed by atoms with van der Waals surface area (Å²) in [6, 6.07) is 0. The summed E-state index contributed by atoms with van der Waals surface area (Å²) >= 11 is 0. The van der Waals surface area contributed by atoms with E-state index in [-0.39, 0.29) is 12.2 Å². The molecule has 2 rings (SSSR count). The highest BCUT2D eigenvalue weighted by Crippen LogP contribution is 2.20. The highest BCUT2D eigenvalue weighted by atomic mass is 32.2. The van der Waals surface area contributed by atoms with Crippen molar-refractivity contribution >= 4 is 10.2 Å². The lowest BCUT2D eigenvalue weighted by atomic mass is 10.2. The van der Waals surface area contributed by atoms with Crippen molar-refractivity contribution in [2.24, 2.45) is 0 Å². The van der Waals surface area contributed by atoms with Gasteiger partial charge in [0.05, 0.1) is 12.2 Å². The zero-order valence-corrected chi connectivity index (χ0v) is 11.4. The van der Waals surface area contributed by atoms with E-state index >= 15 is 0 Å². The van der Waals surface area contributed by atoms with E-state index in [1.54, 1.807) is 8.61 Å². The number of piperidine rings is 1. The molecule has 0 radical (unpaired) electrons. The van der Waals surface area contributed by atoms with Crippen molar-refractivity contribution in [2.75, 3.05) is 26.2 Å². The molecule has 0 aromatic carbocycles. The largest absolute Gasteiger partial charge is 0.373 e. The molecule has 100 valence electrons. The van der Waals surface area contributed by atoms with Gasteiger partial charge in [0.25, 0.3) is 10.2 Å². The van der Waals surface area contributed by atoms with Crippen LogP contribution in [0.5, 0.6) is 0 Å². The molecule has 17 heavy (non-hydrogen) atoms. The van der Waals surface area contributed by atoms with E-state index in [4.69, 9.17) is 4.74 Å². The van der Waals surface area contributed by atoms with Crippen LogP contribution in [-0.2, 0) is 14.9 Å². The molecule has 2 saturated heterocycles. The van der Waals surface area contributed by atoms with Crippen molar-refractivity contribution in [2.45, 2.75) is 45.3 Å². The highest BCUT2D eigenvalue weighted by molar-refractivity contribution is 7.86. The summed E-state index contributed by atoms with van der Waals surface area (Å²) in [7, 11) is -3.26. The van der Waals surface area contributed by atoms with Gasteiger partial charge in [0.15, 0.2) is 0 Å². The summed E-state index contributed by atoms with van der Waals surface area (Å²) in [5, 5.41) is 0. The van der Waals surface area contributed by atoms with Crippen molar-refractivity contribution in [3.63, 3.8) is 0 Å². The number of nitrogens with zero attached hydrogens (tertiary/aromatic N) is 2. The lowest BCUT2D eigenvalue weighted by Crippen LogP contribution is -2.53. The molecule has 0 unspecified atom stereocenters. The predicted octanol–water partition coefficient (Wildman–Crippen LogP) is 0.826. The SMILES string of the molecule is C[C@@H]1CN(S(=O)(=O)N2CCCCC2)C[C@@H](C)O1. The minimum Gasteiger partial charge on any atom is -0.373 e. The first-order valence-electron chi connectivity index (χ1n) is 6.41. The van der Waals surface area contributed by atoms with Crippen LogP contribution in [0.1, 0.15) is 33.1 Å². The number of morpholine rings is 1. The van der Waals surface area contributed by atoms with Gasteiger partial charge in [0.1, 0.15) is 0 Å². The Labute approximate surface area is 104 Å². The van der Waals surface area contributed by atoms with Gasteiger partial charge in [0.2, 0.25) is 0 Å². The van der Waals surface area contributed by atoms with E-state index in [0.29, 0.717) is 26.2 Å². The second kappa shape index (κ2) is 5.22. The van der Waals surface area contributed by atoms with E-state index in [9.17, 15) is 8.42 Å². The molecule has 2 atom stereocenters. The summed E-state index contributed by atoms with van der Waals surface area (Å²) < 4.78 is 33.6. The smallest absolute Gasteiger partial charge is 0.282 e. The fraction of sp³-hybridized carbons (Fsp3) is 1.00. The second-order valence-electron chi connectivity index (χ2n) is 5.04. The summed E-state index contributed by atoms with van der Waals surface area (Å²) in [6.45, 7) is 6.14. The molecule has 2 aliphatic rings. The number of rotatable bonds is 2. The summed E-state index contributed by atoms with van der Waals surface area (Å²) in [4.78, 5) is 0. The van der Waals surface area contributed by atoms with Gasteiger partial charge in [-0.25, -0.2) is 0 Å². The molecule has 0 N–H and O–H groups in total. The average molecular weight is 262 g/mol. The fourth-order valence-electron chi connectivity index (χ4n) is 2.58. The Hall–Kier alpha value is -0.170. The molecule has 2 aliphatic heterocycles. The number of ether oxygens (including phenoxy) is 1. The van der Waals surface area contributed by atoms with Gasteiger partial charge in [-0.1, -0.05) is 6.42 Å². The molecular weight excluding hydrogens is 240 g/mol. The van der Waals surface area contributed by atoms with E-state index in [2.05, 4.69) is 0 Å². The third-order valence-electron chi connectivity index (χ3n) is 3.35. The van der Waals surface area contributed by atoms with Gasteiger partial charge < -0.3 is 4.74 Å². The van der Waals surface area contributed by atoms with Crippen LogP contribution < -0.4 is 0 Å². The topological polar surface area (TPSA) is 49.9 Å². The van der Waals surface area contributed by atoms with E-state index in [0.717, 1.165) is 19.3 Å². The lowest BCUT2D eigenvalue weighted by Gasteiger charge is -2.38. The molecule has 6 heteroatoms. The summed E-state index contributed by atoms with van der Waals surface area (Å²) in [5.74, 6) is 0. The molecule has 0 amide bonds. The van der Waals surface area contributed by atoms with Crippen LogP contribution in [0.15, 0.2) is 0 Å². The summed E-state index contributed by atoms with van der Waals surface area (Å²) in [5.41, 5.74) is 0. The van der Waals surface area contributed by atoms with Gasteiger partial charge in [-0.05, 0) is 26.7 Å². The van der Waals surface area contributed by atoms with Crippen LogP contribution in [-0.4, -0.2) is 55.4 Å². The molecule has 0 aliphatic carbocycles. The zero-order valence-electron chi connectivity index (χ0n) is 10.6. The fourth-order valence-corrected chi connectivity index (χ4v) is 4.42. The Kier molecular flexibility index (Phi) is 4.07. The van der Waals surface area contributed by atoms with Crippen LogP contribution in [0, 0.1) is 0 Å². The van der Waals surface area contributed by atoms with Gasteiger partial charge in [-0.3, -0.25) is 0 Å². The van der Waals surface area contributed by atoms with Gasteiger partial charge in [-0.2, -0.15) is 17.0 Å². The maximum absolute atomic E-state index is 12.4. The Morgan fingerprint density at radius 1 is 0.941 bits per heavy atom. The minimum atomic E-state index is -3.26. The van der Waals surface area contributed by atoms with Crippen LogP contribution in [0.3, 0.4) is 0 Å². The Balaban J connectivity index is 2.08. The highest BCUT2D eigenvalue weighted by Gasteiger charge is 2.35. The van der Waals surface area contributed by atoms with Crippen molar-refractivity contribution in [1.29, 1.82) is 0 Å². The predicted molar refractivity (Wildman–Crippen MR) is 65.9 cm³/mol. The first kappa shape index (κ1) is 13.3. The molecule has 5 nitrogen and oxygen atoms in total. The third kappa shape index (κ3) is 2.99. The number of hydrogen-bond acceptors (Lipinski definition) is 3. The average Bonchev–Trinajstić information content (AvgIpc) is 2.29. The van der Waals surface area contributed by atoms with Crippen molar-refractivity contribution in [3.8, 4) is 0 Å². The zero-order chi connectivity index (χ0) is 12.5. The molecule has 0 aromatic rings. The summed E-state index contributed by atoms with van der Waals surface area (Å²) in [6.07, 6.45) is 3.07. The van der Waals surface area contributed by atoms with Crippen molar-refractivity contribution in [3.05, 3.63) is 0 Å². The first-order valence-corrected chi connectivity index (χ1v) is 7.80. The Morgan fingerprint density at radius 3 is 2.00 bits per heavy atom. The van der Waals surface area contributed by atoms with E-state index in [1.165, 1.54) is 0 Å². The number of hydrogen-bond donors (Lipinski definition) is 0. The van der Waals surface area contributed by atoms with Gasteiger partial charge in [-0.15, -0.1) is 0 Å². The standard InChI is InChI=1S/C11H22N2O3S/c1-10-8-13(9-11(2)16-10)17(14,15)12-6-4-3-5-7-12/h10-11H,3-9H2,1-2H3/t10-,11-/m1/s1. The normalized spacial score (nSPS) is 33.8. The third-order valence-corrected chi connectivity index (χ3v) is 5.32. The molecular formula is C11H22N2O3S. The van der Waals surface area contributed by atoms with Crippen molar-refractivity contribution in [1.82, 2.24) is 8.61 Å². The van der Waals surface area contributed by atoms with Crippen LogP contribution in [0.4, 0.5) is 0 Å². The maximum Gasteiger partial charge on any atom is 0.282 e. The quantitative estimate of drug-likeness (QED) is 0.740. The molecule has 2 fully saturated rings. The lowest BCUT2D eigenvalue weighted by molar-refractivity contribution is -0.0455. The first-order chi connectivity index (χ1) is 8.00. The van der Waals surface area contributed by atoms with Crippen molar-refractivity contribution < 1.29 is 13.2 Å². The van der Waals surface area contributed by atoms with Crippen LogP contribution >= 0.6 is 0 Å². The molecule has 0 aromatic heterocycles. The molecule has 2 heterocycles. The maximum atomic E-state index is 12.4. The van der Waals surface area contributed by atoms with E-state index in [1.807, 2.05) is 13.8 Å². The Morgan fingerprint density at radius 2 is 1.47 bits per heavy atom. The second-order valence-corrected chi connectivity index (χ2v) is 6.97. The molecule has 0 saturated carbocycles. The Bertz CT molecular complexity index is 342. The van der Waals surface area contributed by atoms with E-state index < -0.39 is 10.2 Å². The molecule has 0 bridgehead atoms. The van der Waals surface area contributed by atoms with Crippen LogP contribution in [0.25, 0.3) is 0 Å². The monoisotopic (exact) mass is 262 g/mol. The van der Waals surface area contributed by atoms with Gasteiger partial charge in [0, 0.05) is 26.2 Å². The minimum absolute atomic E-state index is 0.0154. The van der Waals surface area contributed by atoms with Crippen LogP contribution in [0.2, 0.25) is 0 Å². The van der Waals surface area contributed by atoms with Gasteiger partial charge >= 0.3 is 0 Å². The molecule has 0 spiro atoms.